The fraction of sp³-hybridized carbons (Fsp3) is 0.188. The van der Waals surface area contributed by atoms with Crippen LogP contribution in [0.15, 0.2) is 47.5 Å². The summed E-state index contributed by atoms with van der Waals surface area (Å²) < 4.78 is 0. The van der Waals surface area contributed by atoms with E-state index < -0.39 is 0 Å². The van der Waals surface area contributed by atoms with Gasteiger partial charge in [-0.05, 0) is 30.7 Å². The van der Waals surface area contributed by atoms with Crippen molar-refractivity contribution in [3.05, 3.63) is 52.2 Å². The molecule has 0 spiro atoms. The van der Waals surface area contributed by atoms with Gasteiger partial charge in [-0.15, -0.1) is 23.1 Å². The number of aromatic amines is 1. The number of aryl methyl sites for hydroxylation is 1. The van der Waals surface area contributed by atoms with Crippen LogP contribution in [0, 0.1) is 0 Å². The van der Waals surface area contributed by atoms with Gasteiger partial charge in [0.05, 0.1) is 15.7 Å². The van der Waals surface area contributed by atoms with Crippen LogP contribution in [0.4, 0.5) is 0 Å². The van der Waals surface area contributed by atoms with Crippen LogP contribution in [-0.2, 0) is 6.42 Å². The minimum atomic E-state index is 0.207. The molecule has 0 bridgehead atoms. The van der Waals surface area contributed by atoms with E-state index in [2.05, 4.69) is 24.0 Å². The quantitative estimate of drug-likeness (QED) is 0.544. The second-order valence-corrected chi connectivity index (χ2v) is 6.74. The molecule has 2 aromatic heterocycles. The van der Waals surface area contributed by atoms with Crippen molar-refractivity contribution in [1.29, 1.82) is 0 Å². The summed E-state index contributed by atoms with van der Waals surface area (Å²) in [5.74, 6) is 0.689. The Morgan fingerprint density at radius 2 is 2.10 bits per heavy atom. The van der Waals surface area contributed by atoms with Gasteiger partial charge < -0.3 is 4.98 Å². The van der Waals surface area contributed by atoms with Crippen LogP contribution in [-0.4, -0.2) is 16.5 Å². The lowest BCUT2D eigenvalue weighted by atomic mass is 10.3. The Labute approximate surface area is 126 Å². The van der Waals surface area contributed by atoms with Gasteiger partial charge in [0.15, 0.2) is 5.78 Å². The maximum absolute atomic E-state index is 12.1. The molecule has 1 aromatic carbocycles. The SMILES string of the molecule is CCc1ccc(C(=O)CSc2cc3ccccc3[nH]2)s1. The summed E-state index contributed by atoms with van der Waals surface area (Å²) in [6.45, 7) is 2.11. The van der Waals surface area contributed by atoms with Gasteiger partial charge >= 0.3 is 0 Å². The Bertz CT molecular complexity index is 709. The Balaban J connectivity index is 1.68. The fourth-order valence-electron chi connectivity index (χ4n) is 2.06. The molecular formula is C16H15NOS2. The lowest BCUT2D eigenvalue weighted by molar-refractivity contribution is 0.102. The number of benzene rings is 1. The molecule has 0 amide bonds. The predicted octanol–water partition coefficient (Wildman–Crippen LogP) is 4.77. The molecule has 0 radical (unpaired) electrons. The van der Waals surface area contributed by atoms with Gasteiger partial charge in [0.2, 0.25) is 0 Å². The number of thioether (sulfide) groups is 1. The highest BCUT2D eigenvalue weighted by atomic mass is 32.2. The first-order valence-electron chi connectivity index (χ1n) is 6.58. The number of thiophene rings is 1. The minimum absolute atomic E-state index is 0.207. The molecule has 20 heavy (non-hydrogen) atoms. The number of nitrogens with one attached hydrogen (secondary N) is 1. The second-order valence-electron chi connectivity index (χ2n) is 4.55. The highest BCUT2D eigenvalue weighted by molar-refractivity contribution is 8.00. The molecule has 3 rings (SSSR count). The van der Waals surface area contributed by atoms with E-state index in [1.165, 1.54) is 10.3 Å². The smallest absolute Gasteiger partial charge is 0.183 e. The normalized spacial score (nSPS) is 11.1. The standard InChI is InChI=1S/C16H15NOS2/c1-2-12-7-8-15(20-12)14(18)10-19-16-9-11-5-3-4-6-13(11)17-16/h3-9,17H,2,10H2,1H3. The molecule has 2 nitrogen and oxygen atoms in total. The molecule has 0 aliphatic carbocycles. The van der Waals surface area contributed by atoms with E-state index in [4.69, 9.17) is 0 Å². The van der Waals surface area contributed by atoms with E-state index in [-0.39, 0.29) is 5.78 Å². The van der Waals surface area contributed by atoms with Gasteiger partial charge in [-0.2, -0.15) is 0 Å². The predicted molar refractivity (Wildman–Crippen MR) is 87.1 cm³/mol. The molecule has 0 unspecified atom stereocenters. The molecule has 0 atom stereocenters. The van der Waals surface area contributed by atoms with Crippen LogP contribution in [0.5, 0.6) is 0 Å². The Hall–Kier alpha value is -1.52. The zero-order valence-electron chi connectivity index (χ0n) is 11.2. The molecule has 3 aromatic rings. The molecule has 0 saturated carbocycles. The number of hydrogen-bond donors (Lipinski definition) is 1. The van der Waals surface area contributed by atoms with Gasteiger partial charge in [0, 0.05) is 15.8 Å². The van der Waals surface area contributed by atoms with E-state index in [0.717, 1.165) is 21.8 Å². The van der Waals surface area contributed by atoms with Gasteiger partial charge in [-0.25, -0.2) is 0 Å². The lowest BCUT2D eigenvalue weighted by Gasteiger charge is -1.96. The average molecular weight is 301 g/mol. The average Bonchev–Trinajstić information content (AvgIpc) is 3.10. The Morgan fingerprint density at radius 3 is 2.85 bits per heavy atom. The Kier molecular flexibility index (Phi) is 3.94. The van der Waals surface area contributed by atoms with Crippen molar-refractivity contribution < 1.29 is 4.79 Å². The zero-order chi connectivity index (χ0) is 13.9. The molecule has 1 N–H and O–H groups in total. The molecule has 0 aliphatic rings. The molecule has 4 heteroatoms. The lowest BCUT2D eigenvalue weighted by Crippen LogP contribution is -1.99. The topological polar surface area (TPSA) is 32.9 Å². The second kappa shape index (κ2) is 5.85. The molecule has 0 saturated heterocycles. The third kappa shape index (κ3) is 2.81. The number of aromatic nitrogens is 1. The Morgan fingerprint density at radius 1 is 1.25 bits per heavy atom. The van der Waals surface area contributed by atoms with Crippen molar-refractivity contribution in [2.24, 2.45) is 0 Å². The van der Waals surface area contributed by atoms with Crippen molar-refractivity contribution in [1.82, 2.24) is 4.98 Å². The number of hydrogen-bond acceptors (Lipinski definition) is 3. The van der Waals surface area contributed by atoms with Crippen molar-refractivity contribution in [3.63, 3.8) is 0 Å². The molecule has 2 heterocycles. The summed E-state index contributed by atoms with van der Waals surface area (Å²) in [5, 5.41) is 2.23. The van der Waals surface area contributed by atoms with Crippen LogP contribution >= 0.6 is 23.1 Å². The fourth-order valence-corrected chi connectivity index (χ4v) is 3.87. The van der Waals surface area contributed by atoms with Crippen LogP contribution in [0.25, 0.3) is 10.9 Å². The number of ketones is 1. The molecule has 0 fully saturated rings. The first-order valence-corrected chi connectivity index (χ1v) is 8.39. The van der Waals surface area contributed by atoms with Gasteiger partial charge in [0.25, 0.3) is 0 Å². The third-order valence-electron chi connectivity index (χ3n) is 3.15. The van der Waals surface area contributed by atoms with E-state index >= 15 is 0 Å². The summed E-state index contributed by atoms with van der Waals surface area (Å²) in [7, 11) is 0. The summed E-state index contributed by atoms with van der Waals surface area (Å²) in [5.41, 5.74) is 1.12. The minimum Gasteiger partial charge on any atom is -0.350 e. The molecule has 0 aliphatic heterocycles. The van der Waals surface area contributed by atoms with E-state index in [1.807, 2.05) is 30.3 Å². The summed E-state index contributed by atoms with van der Waals surface area (Å²) >= 11 is 3.18. The van der Waals surface area contributed by atoms with Gasteiger partial charge in [0.1, 0.15) is 0 Å². The number of rotatable bonds is 5. The van der Waals surface area contributed by atoms with Crippen molar-refractivity contribution >= 4 is 39.8 Å². The maximum Gasteiger partial charge on any atom is 0.183 e. The third-order valence-corrected chi connectivity index (χ3v) is 5.36. The van der Waals surface area contributed by atoms with Gasteiger partial charge in [-0.3, -0.25) is 4.79 Å². The maximum atomic E-state index is 12.1. The highest BCUT2D eigenvalue weighted by Gasteiger charge is 2.10. The number of fused-ring (bicyclic) bond motifs is 1. The largest absolute Gasteiger partial charge is 0.350 e. The summed E-state index contributed by atoms with van der Waals surface area (Å²) in [4.78, 5) is 17.6. The number of para-hydroxylation sites is 1. The van der Waals surface area contributed by atoms with E-state index in [9.17, 15) is 4.79 Å². The number of carbonyl (C=O) groups is 1. The monoisotopic (exact) mass is 301 g/mol. The molecule has 102 valence electrons. The number of carbonyl (C=O) groups excluding carboxylic acids is 1. The van der Waals surface area contributed by atoms with E-state index in [1.54, 1.807) is 23.1 Å². The summed E-state index contributed by atoms with van der Waals surface area (Å²) in [6.07, 6.45) is 0.993. The van der Waals surface area contributed by atoms with Crippen molar-refractivity contribution in [3.8, 4) is 0 Å². The molecular weight excluding hydrogens is 286 g/mol. The van der Waals surface area contributed by atoms with Crippen LogP contribution in [0.2, 0.25) is 0 Å². The summed E-state index contributed by atoms with van der Waals surface area (Å²) in [6, 6.07) is 14.2. The van der Waals surface area contributed by atoms with Crippen molar-refractivity contribution in [2.45, 2.75) is 18.4 Å². The van der Waals surface area contributed by atoms with E-state index in [0.29, 0.717) is 5.75 Å². The highest BCUT2D eigenvalue weighted by Crippen LogP contribution is 2.25. The first kappa shape index (κ1) is 13.5. The number of H-pyrrole nitrogens is 1. The number of Topliss-reactive ketones (excluding diaryl/α,β-unsaturated/α-hetero) is 1. The zero-order valence-corrected chi connectivity index (χ0v) is 12.8. The van der Waals surface area contributed by atoms with Crippen LogP contribution in [0.3, 0.4) is 0 Å². The van der Waals surface area contributed by atoms with Crippen LogP contribution < -0.4 is 0 Å². The van der Waals surface area contributed by atoms with Crippen LogP contribution in [0.1, 0.15) is 21.5 Å². The van der Waals surface area contributed by atoms with Gasteiger partial charge in [-0.1, -0.05) is 25.1 Å². The first-order chi connectivity index (χ1) is 9.76. The van der Waals surface area contributed by atoms with Crippen molar-refractivity contribution in [2.75, 3.05) is 5.75 Å².